The summed E-state index contributed by atoms with van der Waals surface area (Å²) >= 11 is 0. The molecular formula is C29H32FN7O4. The minimum absolute atomic E-state index is 0.0144. The first-order valence-electron chi connectivity index (χ1n) is 13.0. The Balaban J connectivity index is 0.00000124. The molecule has 1 aliphatic rings. The van der Waals surface area contributed by atoms with Crippen LogP contribution >= 0.6 is 0 Å². The van der Waals surface area contributed by atoms with Gasteiger partial charge in [0.15, 0.2) is 11.6 Å². The Kier molecular flexibility index (Phi) is 8.51. The number of methoxy groups -OCH3 is 1. The van der Waals surface area contributed by atoms with Crippen molar-refractivity contribution in [1.29, 1.82) is 0 Å². The second kappa shape index (κ2) is 12.0. The second-order valence-corrected chi connectivity index (χ2v) is 9.51. The molecule has 214 valence electrons. The van der Waals surface area contributed by atoms with Crippen molar-refractivity contribution in [2.45, 2.75) is 33.2 Å². The lowest BCUT2D eigenvalue weighted by Crippen LogP contribution is -2.34. The lowest BCUT2D eigenvalue weighted by molar-refractivity contribution is -0.106. The zero-order valence-corrected chi connectivity index (χ0v) is 23.5. The van der Waals surface area contributed by atoms with Gasteiger partial charge in [0, 0.05) is 30.5 Å². The first-order valence-corrected chi connectivity index (χ1v) is 13.0. The number of amides is 3. The van der Waals surface area contributed by atoms with Crippen molar-refractivity contribution in [2.75, 3.05) is 23.5 Å². The van der Waals surface area contributed by atoms with Crippen molar-refractivity contribution in [1.82, 2.24) is 19.3 Å². The Morgan fingerprint density at radius 1 is 1.12 bits per heavy atom. The number of hydrogen-bond donors (Lipinski definition) is 1. The number of ether oxygens (including phenoxy) is 1. The fraction of sp³-hybridized carbons (Fsp3) is 0.276. The molecule has 0 spiro atoms. The highest BCUT2D eigenvalue weighted by atomic mass is 19.1. The van der Waals surface area contributed by atoms with Crippen molar-refractivity contribution in [3.05, 3.63) is 82.2 Å². The molecule has 1 atom stereocenters. The van der Waals surface area contributed by atoms with Crippen LogP contribution in [-0.2, 0) is 18.3 Å². The minimum Gasteiger partial charge on any atom is -0.467 e. The van der Waals surface area contributed by atoms with Gasteiger partial charge >= 0.3 is 17.7 Å². The summed E-state index contributed by atoms with van der Waals surface area (Å²) in [5.74, 6) is -0.557. The summed E-state index contributed by atoms with van der Waals surface area (Å²) < 4.78 is 23.8. The number of halogens is 1. The van der Waals surface area contributed by atoms with Crippen LogP contribution in [-0.4, -0.2) is 51.5 Å². The van der Waals surface area contributed by atoms with E-state index in [9.17, 15) is 9.59 Å². The maximum atomic E-state index is 16.1. The van der Waals surface area contributed by atoms with Gasteiger partial charge in [0.05, 0.1) is 18.8 Å². The number of hydrogen-bond acceptors (Lipinski definition) is 6. The molecule has 41 heavy (non-hydrogen) atoms. The van der Waals surface area contributed by atoms with Crippen LogP contribution in [0.15, 0.2) is 59.4 Å². The highest BCUT2D eigenvalue weighted by Crippen LogP contribution is 2.34. The first kappa shape index (κ1) is 29.0. The molecule has 1 unspecified atom stereocenters. The van der Waals surface area contributed by atoms with Gasteiger partial charge in [-0.1, -0.05) is 31.2 Å². The fourth-order valence-electron chi connectivity index (χ4n) is 4.79. The van der Waals surface area contributed by atoms with Gasteiger partial charge in [-0.3, -0.25) is 14.6 Å². The molecule has 2 N–H and O–H groups in total. The van der Waals surface area contributed by atoms with Crippen molar-refractivity contribution in [3.63, 3.8) is 0 Å². The number of urea groups is 1. The van der Waals surface area contributed by atoms with E-state index < -0.39 is 5.82 Å². The van der Waals surface area contributed by atoms with Crippen LogP contribution in [0, 0.1) is 12.7 Å². The second-order valence-electron chi connectivity index (χ2n) is 9.51. The van der Waals surface area contributed by atoms with Crippen LogP contribution in [0.4, 0.5) is 20.7 Å². The number of anilines is 2. The smallest absolute Gasteiger partial charge is 0.353 e. The number of nitrogens with zero attached hydrogens (tertiary/aromatic N) is 6. The molecule has 0 bridgehead atoms. The van der Waals surface area contributed by atoms with Gasteiger partial charge in [-0.15, -0.1) is 5.10 Å². The highest BCUT2D eigenvalue weighted by Gasteiger charge is 2.39. The molecule has 0 saturated carbocycles. The van der Waals surface area contributed by atoms with Gasteiger partial charge in [0.1, 0.15) is 0 Å². The van der Waals surface area contributed by atoms with E-state index in [1.807, 2.05) is 45.0 Å². The fourth-order valence-corrected chi connectivity index (χ4v) is 4.79. The van der Waals surface area contributed by atoms with Gasteiger partial charge in [-0.25, -0.2) is 28.2 Å². The van der Waals surface area contributed by atoms with Gasteiger partial charge in [-0.2, -0.15) is 0 Å². The average molecular weight is 562 g/mol. The summed E-state index contributed by atoms with van der Waals surface area (Å²) in [6, 6.07) is 15.9. The molecule has 2 aromatic heterocycles. The molecule has 0 aliphatic carbocycles. The highest BCUT2D eigenvalue weighted by molar-refractivity contribution is 6.06. The van der Waals surface area contributed by atoms with Gasteiger partial charge in [-0.05, 0) is 61.7 Å². The van der Waals surface area contributed by atoms with E-state index in [1.165, 1.54) is 28.3 Å². The predicted octanol–water partition coefficient (Wildman–Crippen LogP) is 3.59. The summed E-state index contributed by atoms with van der Waals surface area (Å²) in [6.07, 6.45) is 0.819. The largest absolute Gasteiger partial charge is 0.467 e. The van der Waals surface area contributed by atoms with Gasteiger partial charge < -0.3 is 10.5 Å². The lowest BCUT2D eigenvalue weighted by Gasteiger charge is -2.22. The maximum Gasteiger partial charge on any atom is 0.353 e. The van der Waals surface area contributed by atoms with Crippen LogP contribution in [0.3, 0.4) is 0 Å². The number of aromatic nitrogens is 4. The van der Waals surface area contributed by atoms with E-state index in [0.717, 1.165) is 11.3 Å². The number of nitrogens with two attached hydrogens (primary N) is 1. The zero-order valence-electron chi connectivity index (χ0n) is 23.5. The molecule has 2 aromatic carbocycles. The van der Waals surface area contributed by atoms with Crippen molar-refractivity contribution < 1.29 is 18.7 Å². The topological polar surface area (TPSA) is 129 Å². The van der Waals surface area contributed by atoms with E-state index in [1.54, 1.807) is 35.2 Å². The summed E-state index contributed by atoms with van der Waals surface area (Å²) in [6.45, 7) is 6.16. The maximum absolute atomic E-state index is 16.1. The Hall–Kier alpha value is -5.00. The zero-order chi connectivity index (χ0) is 29.8. The van der Waals surface area contributed by atoms with E-state index in [2.05, 4.69) is 15.8 Å². The molecule has 11 nitrogen and oxygen atoms in total. The summed E-state index contributed by atoms with van der Waals surface area (Å²) in [4.78, 5) is 42.2. The Morgan fingerprint density at radius 3 is 2.41 bits per heavy atom. The normalized spacial score (nSPS) is 14.6. The molecule has 4 aromatic rings. The van der Waals surface area contributed by atoms with Crippen LogP contribution in [0.5, 0.6) is 6.01 Å². The van der Waals surface area contributed by atoms with Crippen LogP contribution in [0.1, 0.15) is 25.1 Å². The van der Waals surface area contributed by atoms with Crippen molar-refractivity contribution in [2.24, 2.45) is 12.8 Å². The van der Waals surface area contributed by atoms with Crippen LogP contribution < -0.4 is 26.0 Å². The number of carbonyl (C=O) groups excluding carboxylic acids is 2. The Labute approximate surface area is 236 Å². The molecular weight excluding hydrogens is 529 g/mol. The third-order valence-corrected chi connectivity index (χ3v) is 6.73. The number of primary amides is 1. The van der Waals surface area contributed by atoms with E-state index in [-0.39, 0.29) is 36.0 Å². The van der Waals surface area contributed by atoms with Crippen LogP contribution in [0.25, 0.3) is 16.8 Å². The summed E-state index contributed by atoms with van der Waals surface area (Å²) in [5, 5.41) is 4.06. The van der Waals surface area contributed by atoms with Crippen molar-refractivity contribution in [3.8, 4) is 22.8 Å². The quantitative estimate of drug-likeness (QED) is 0.358. The lowest BCUT2D eigenvalue weighted by atomic mass is 10.0. The average Bonchev–Trinajstić information content (AvgIpc) is 3.42. The van der Waals surface area contributed by atoms with Gasteiger partial charge in [0.2, 0.25) is 6.41 Å². The third kappa shape index (κ3) is 5.53. The molecule has 1 saturated heterocycles. The number of carbonyl (C=O) groups is 2. The number of aryl methyl sites for hydroxylation is 3. The molecule has 1 fully saturated rings. The molecule has 0 radical (unpaired) electrons. The van der Waals surface area contributed by atoms with Gasteiger partial charge in [0.25, 0.3) is 0 Å². The van der Waals surface area contributed by atoms with E-state index in [4.69, 9.17) is 9.53 Å². The predicted molar refractivity (Wildman–Crippen MR) is 154 cm³/mol. The molecule has 5 rings (SSSR count). The number of benzene rings is 2. The number of rotatable bonds is 6. The van der Waals surface area contributed by atoms with E-state index >= 15 is 4.39 Å². The SMILES string of the molecule is CCc1cc(-c2ccc(-n3c(OC)nn(C)c3=O)cc2)c(F)c(N2CC(C)N(c3cccc(C)c3)C2=O)n1.NC=O. The van der Waals surface area contributed by atoms with Crippen LogP contribution in [0.2, 0.25) is 0 Å². The summed E-state index contributed by atoms with van der Waals surface area (Å²) in [7, 11) is 2.98. The monoisotopic (exact) mass is 561 g/mol. The van der Waals surface area contributed by atoms with E-state index in [0.29, 0.717) is 35.5 Å². The molecule has 3 heterocycles. The third-order valence-electron chi connectivity index (χ3n) is 6.73. The minimum atomic E-state index is -0.572. The molecule has 12 heteroatoms. The van der Waals surface area contributed by atoms with Crippen molar-refractivity contribution >= 4 is 23.9 Å². The Morgan fingerprint density at radius 2 is 1.80 bits per heavy atom. The molecule has 1 aliphatic heterocycles. The first-order chi connectivity index (χ1) is 19.6. The standard InChI is InChI=1S/C28H29FN6O3.CH3NO/c1-6-20-15-23(19-10-12-21(13-11-19)35-26(38-5)31-32(4)27(35)36)24(29)25(30-20)33-16-18(3)34(28(33)37)22-9-7-8-17(2)14-22;2-1-3/h7-15,18H,6,16H2,1-5H3;1H,(H2,2,3). The summed E-state index contributed by atoms with van der Waals surface area (Å²) in [5.41, 5.74) is 7.74. The number of pyridine rings is 1. The Bertz CT molecular complexity index is 1630. The molecule has 3 amide bonds.